The first-order valence-electron chi connectivity index (χ1n) is 21.8. The summed E-state index contributed by atoms with van der Waals surface area (Å²) < 4.78 is 38.7. The fourth-order valence-electron chi connectivity index (χ4n) is 7.47. The second-order valence-electron chi connectivity index (χ2n) is 17.4. The van der Waals surface area contributed by atoms with Gasteiger partial charge in [-0.1, -0.05) is 45.0 Å². The van der Waals surface area contributed by atoms with Gasteiger partial charge in [0.1, 0.15) is 37.1 Å². The highest BCUT2D eigenvalue weighted by molar-refractivity contribution is 5.91. The Morgan fingerprint density at radius 2 is 1.08 bits per heavy atom. The summed E-state index contributed by atoms with van der Waals surface area (Å²) in [5.41, 5.74) is 5.66. The van der Waals surface area contributed by atoms with Gasteiger partial charge in [-0.3, -0.25) is 9.59 Å². The third kappa shape index (κ3) is 12.4. The molecule has 7 rings (SSSR count). The topological polar surface area (TPSA) is 134 Å². The molecule has 2 heterocycles. The second kappa shape index (κ2) is 21.1. The van der Waals surface area contributed by atoms with E-state index < -0.39 is 5.97 Å². The molecule has 0 saturated carbocycles. The van der Waals surface area contributed by atoms with E-state index in [-0.39, 0.29) is 35.3 Å². The van der Waals surface area contributed by atoms with Gasteiger partial charge in [-0.05, 0) is 127 Å². The van der Waals surface area contributed by atoms with Gasteiger partial charge >= 0.3 is 17.9 Å². The van der Waals surface area contributed by atoms with Crippen molar-refractivity contribution in [3.63, 3.8) is 0 Å². The van der Waals surface area contributed by atoms with Crippen LogP contribution in [0.3, 0.4) is 0 Å². The van der Waals surface area contributed by atoms with E-state index in [9.17, 15) is 14.4 Å². The molecule has 0 N–H and O–H groups in total. The lowest BCUT2D eigenvalue weighted by Crippen LogP contribution is -2.44. The van der Waals surface area contributed by atoms with E-state index in [1.807, 2.05) is 60.7 Å². The maximum absolute atomic E-state index is 13.1. The summed E-state index contributed by atoms with van der Waals surface area (Å²) in [5.74, 6) is 1.79. The number of esters is 3. The van der Waals surface area contributed by atoms with Crippen LogP contribution in [0.2, 0.25) is 0 Å². The van der Waals surface area contributed by atoms with Crippen LogP contribution in [0.4, 0.5) is 0 Å². The molecule has 0 aromatic heterocycles. The quantitative estimate of drug-likeness (QED) is 0.0219. The minimum atomic E-state index is -0.451. The Labute approximate surface area is 364 Å². The Kier molecular flexibility index (Phi) is 15.2. The van der Waals surface area contributed by atoms with Crippen LogP contribution in [-0.2, 0) is 40.0 Å². The predicted molar refractivity (Wildman–Crippen MR) is 230 cm³/mol. The van der Waals surface area contributed by atoms with E-state index in [1.165, 1.54) is 0 Å². The van der Waals surface area contributed by atoms with Gasteiger partial charge in [0, 0.05) is 29.6 Å². The summed E-state index contributed by atoms with van der Waals surface area (Å²) in [5, 5.41) is 0. The van der Waals surface area contributed by atoms with Crippen molar-refractivity contribution in [2.24, 2.45) is 10.8 Å². The maximum atomic E-state index is 13.1. The molecule has 1 aliphatic carbocycles. The van der Waals surface area contributed by atoms with Gasteiger partial charge in [0.05, 0.1) is 45.2 Å². The highest BCUT2D eigenvalue weighted by atomic mass is 17.2. The van der Waals surface area contributed by atoms with Crippen molar-refractivity contribution < 1.29 is 57.3 Å². The molecule has 330 valence electrons. The van der Waals surface area contributed by atoms with Gasteiger partial charge in [-0.25, -0.2) is 4.79 Å². The third-order valence-corrected chi connectivity index (χ3v) is 11.4. The number of unbranched alkanes of at least 4 members (excludes halogenated alkanes) is 4. The van der Waals surface area contributed by atoms with Crippen molar-refractivity contribution in [3.8, 4) is 34.1 Å². The zero-order valence-corrected chi connectivity index (χ0v) is 36.1. The molecular weight excluding hydrogens is 793 g/mol. The maximum Gasteiger partial charge on any atom is 0.343 e. The first-order valence-corrected chi connectivity index (χ1v) is 21.8. The van der Waals surface area contributed by atoms with Crippen LogP contribution in [0.25, 0.3) is 11.1 Å². The molecule has 3 aliphatic rings. The number of benzene rings is 4. The Morgan fingerprint density at radius 1 is 0.597 bits per heavy atom. The first kappa shape index (κ1) is 44.6. The zero-order valence-electron chi connectivity index (χ0n) is 36.1. The SMILES string of the molecule is CC1c2cc(OOCc3ccc(OCCCCCC(=O)OCC4(C)COC4)cc3)ccc2-c2ccc(OC(=O)c3ccc(OCCCCCC(=O)OCC4(C)COC4)cc3)cc21. The van der Waals surface area contributed by atoms with Crippen LogP contribution in [0, 0.1) is 10.8 Å². The van der Waals surface area contributed by atoms with Crippen LogP contribution in [0.15, 0.2) is 84.9 Å². The number of carbonyl (C=O) groups excluding carboxylic acids is 3. The summed E-state index contributed by atoms with van der Waals surface area (Å²) >= 11 is 0. The molecule has 0 radical (unpaired) electrons. The lowest BCUT2D eigenvalue weighted by molar-refractivity contribution is -0.217. The van der Waals surface area contributed by atoms with Crippen LogP contribution >= 0.6 is 0 Å². The minimum Gasteiger partial charge on any atom is -0.494 e. The first-order chi connectivity index (χ1) is 30.0. The average Bonchev–Trinajstić information content (AvgIpc) is 3.53. The van der Waals surface area contributed by atoms with Crippen molar-refractivity contribution in [2.45, 2.75) is 84.7 Å². The molecule has 0 amide bonds. The van der Waals surface area contributed by atoms with Crippen molar-refractivity contribution in [1.82, 2.24) is 0 Å². The smallest absolute Gasteiger partial charge is 0.343 e. The molecule has 62 heavy (non-hydrogen) atoms. The molecule has 2 fully saturated rings. The summed E-state index contributed by atoms with van der Waals surface area (Å²) in [4.78, 5) is 48.4. The van der Waals surface area contributed by atoms with E-state index in [0.29, 0.717) is 88.5 Å². The van der Waals surface area contributed by atoms with Gasteiger partial charge in [0.25, 0.3) is 0 Å². The van der Waals surface area contributed by atoms with E-state index in [1.54, 1.807) is 24.3 Å². The molecule has 4 aromatic carbocycles. The van der Waals surface area contributed by atoms with E-state index in [2.05, 4.69) is 20.8 Å². The second-order valence-corrected chi connectivity index (χ2v) is 17.4. The van der Waals surface area contributed by atoms with Crippen LogP contribution in [0.5, 0.6) is 23.0 Å². The standard InChI is InChI=1S/C50H58O12/c1-35-44-26-40(61-48(53)37-14-18-39(19-15-37)57-25-9-5-7-11-47(52)59-34-50(3)31-55-32-50)20-22-42(44)43-23-21-41(27-45(35)43)62-60-28-36-12-16-38(17-13-36)56-24-8-4-6-10-46(51)58-33-49(2)29-54-30-49/h12-23,26-27,35H,4-11,24-25,28-34H2,1-3H3. The third-order valence-electron chi connectivity index (χ3n) is 11.4. The summed E-state index contributed by atoms with van der Waals surface area (Å²) in [6.45, 7) is 11.0. The molecule has 12 nitrogen and oxygen atoms in total. The van der Waals surface area contributed by atoms with Crippen LogP contribution < -0.4 is 19.1 Å². The van der Waals surface area contributed by atoms with Gasteiger partial charge in [0.2, 0.25) is 0 Å². The van der Waals surface area contributed by atoms with E-state index >= 15 is 0 Å². The van der Waals surface area contributed by atoms with Gasteiger partial charge < -0.3 is 38.0 Å². The Balaban J connectivity index is 0.774. The number of fused-ring (bicyclic) bond motifs is 3. The molecule has 0 spiro atoms. The monoisotopic (exact) mass is 850 g/mol. The van der Waals surface area contributed by atoms with E-state index in [4.69, 9.17) is 42.9 Å². The normalized spacial score (nSPS) is 16.5. The summed E-state index contributed by atoms with van der Waals surface area (Å²) in [6.07, 6.45) is 5.74. The number of ether oxygens (including phenoxy) is 7. The largest absolute Gasteiger partial charge is 0.494 e. The van der Waals surface area contributed by atoms with E-state index in [0.717, 1.165) is 72.1 Å². The molecule has 2 saturated heterocycles. The number of hydrogen-bond acceptors (Lipinski definition) is 12. The lowest BCUT2D eigenvalue weighted by atomic mass is 9.90. The highest BCUT2D eigenvalue weighted by Crippen LogP contribution is 2.47. The fraction of sp³-hybridized carbons (Fsp3) is 0.460. The van der Waals surface area contributed by atoms with Crippen LogP contribution in [0.1, 0.15) is 105 Å². The summed E-state index contributed by atoms with van der Waals surface area (Å²) in [6, 6.07) is 26.3. The molecule has 4 aromatic rings. The molecule has 2 aliphatic heterocycles. The molecule has 1 atom stereocenters. The van der Waals surface area contributed by atoms with Gasteiger partial charge in [-0.15, -0.1) is 0 Å². The Bertz CT molecular complexity index is 2120. The van der Waals surface area contributed by atoms with Crippen LogP contribution in [-0.4, -0.2) is 70.8 Å². The van der Waals surface area contributed by atoms with Crippen molar-refractivity contribution >= 4 is 17.9 Å². The average molecular weight is 851 g/mol. The fourth-order valence-corrected chi connectivity index (χ4v) is 7.47. The number of carbonyl (C=O) groups is 3. The Hall–Kier alpha value is -5.43. The van der Waals surface area contributed by atoms with Crippen molar-refractivity contribution in [1.29, 1.82) is 0 Å². The molecule has 1 unspecified atom stereocenters. The van der Waals surface area contributed by atoms with Gasteiger partial charge in [-0.2, -0.15) is 4.89 Å². The minimum absolute atomic E-state index is 0.0210. The van der Waals surface area contributed by atoms with Crippen molar-refractivity contribution in [2.75, 3.05) is 52.9 Å². The van der Waals surface area contributed by atoms with Gasteiger partial charge in [0.15, 0.2) is 5.75 Å². The summed E-state index contributed by atoms with van der Waals surface area (Å²) in [7, 11) is 0. The Morgan fingerprint density at radius 3 is 1.60 bits per heavy atom. The predicted octanol–water partition coefficient (Wildman–Crippen LogP) is 9.59. The zero-order chi connectivity index (χ0) is 43.4. The number of rotatable bonds is 24. The molecular formula is C50H58O12. The molecule has 0 bridgehead atoms. The highest BCUT2D eigenvalue weighted by Gasteiger charge is 2.35. The molecule has 12 heteroatoms. The van der Waals surface area contributed by atoms with Crippen molar-refractivity contribution in [3.05, 3.63) is 107 Å². The number of hydrogen-bond donors (Lipinski definition) is 0. The lowest BCUT2D eigenvalue weighted by Gasteiger charge is -2.37.